The standard InChI is InChI=1S/C5H9N3O/c1-6-5(9)8-3-2-7-4-8/h2-3,7H,4H2,1H3,(H,6,9). The maximum atomic E-state index is 10.7. The first-order valence-corrected chi connectivity index (χ1v) is 2.73. The van der Waals surface area contributed by atoms with Gasteiger partial charge in [0.1, 0.15) is 0 Å². The molecule has 0 aromatic rings. The van der Waals surface area contributed by atoms with Crippen LogP contribution in [0.15, 0.2) is 12.4 Å². The first kappa shape index (κ1) is 5.94. The number of hydrogen-bond acceptors (Lipinski definition) is 2. The minimum absolute atomic E-state index is 0.0868. The molecule has 0 aromatic carbocycles. The summed E-state index contributed by atoms with van der Waals surface area (Å²) >= 11 is 0. The van der Waals surface area contributed by atoms with Gasteiger partial charge in [-0.1, -0.05) is 0 Å². The maximum Gasteiger partial charge on any atom is 0.322 e. The van der Waals surface area contributed by atoms with Gasteiger partial charge in [-0.2, -0.15) is 0 Å². The van der Waals surface area contributed by atoms with E-state index in [1.54, 1.807) is 24.3 Å². The van der Waals surface area contributed by atoms with Crippen LogP contribution < -0.4 is 10.6 Å². The van der Waals surface area contributed by atoms with Crippen LogP contribution >= 0.6 is 0 Å². The lowest BCUT2D eigenvalue weighted by Gasteiger charge is -2.10. The lowest BCUT2D eigenvalue weighted by molar-refractivity contribution is 0.219. The normalized spacial score (nSPS) is 15.4. The summed E-state index contributed by atoms with van der Waals surface area (Å²) in [7, 11) is 1.61. The second-order valence-electron chi connectivity index (χ2n) is 1.70. The molecule has 0 unspecified atom stereocenters. The van der Waals surface area contributed by atoms with Crippen LogP contribution in [0.4, 0.5) is 4.79 Å². The Morgan fingerprint density at radius 3 is 3.11 bits per heavy atom. The van der Waals surface area contributed by atoms with Gasteiger partial charge in [-0.3, -0.25) is 4.90 Å². The van der Waals surface area contributed by atoms with E-state index in [9.17, 15) is 4.79 Å². The molecule has 2 amide bonds. The molecule has 4 nitrogen and oxygen atoms in total. The van der Waals surface area contributed by atoms with E-state index in [0.29, 0.717) is 6.67 Å². The van der Waals surface area contributed by atoms with E-state index < -0.39 is 0 Å². The zero-order chi connectivity index (χ0) is 6.69. The van der Waals surface area contributed by atoms with Crippen LogP contribution in [0.25, 0.3) is 0 Å². The van der Waals surface area contributed by atoms with E-state index in [0.717, 1.165) is 0 Å². The van der Waals surface area contributed by atoms with E-state index in [1.807, 2.05) is 0 Å². The minimum atomic E-state index is -0.0868. The van der Waals surface area contributed by atoms with Crippen molar-refractivity contribution in [2.24, 2.45) is 0 Å². The van der Waals surface area contributed by atoms with Crippen LogP contribution in [0.3, 0.4) is 0 Å². The summed E-state index contributed by atoms with van der Waals surface area (Å²) in [5.74, 6) is 0. The van der Waals surface area contributed by atoms with Gasteiger partial charge < -0.3 is 10.6 Å². The van der Waals surface area contributed by atoms with Crippen molar-refractivity contribution >= 4 is 6.03 Å². The highest BCUT2D eigenvalue weighted by atomic mass is 16.2. The molecule has 0 radical (unpaired) electrons. The highest BCUT2D eigenvalue weighted by Gasteiger charge is 2.09. The zero-order valence-electron chi connectivity index (χ0n) is 5.22. The van der Waals surface area contributed by atoms with Crippen LogP contribution in [0.5, 0.6) is 0 Å². The van der Waals surface area contributed by atoms with Crippen molar-refractivity contribution in [2.45, 2.75) is 0 Å². The van der Waals surface area contributed by atoms with Gasteiger partial charge in [0.05, 0.1) is 6.67 Å². The summed E-state index contributed by atoms with van der Waals surface area (Å²) in [5.41, 5.74) is 0. The smallest absolute Gasteiger partial charge is 0.322 e. The molecule has 1 rings (SSSR count). The summed E-state index contributed by atoms with van der Waals surface area (Å²) < 4.78 is 0. The number of hydrogen-bond donors (Lipinski definition) is 2. The van der Waals surface area contributed by atoms with Gasteiger partial charge in [0, 0.05) is 19.4 Å². The first-order valence-electron chi connectivity index (χ1n) is 2.73. The second-order valence-corrected chi connectivity index (χ2v) is 1.70. The van der Waals surface area contributed by atoms with Gasteiger partial charge in [-0.05, 0) is 0 Å². The molecule has 1 aliphatic heterocycles. The van der Waals surface area contributed by atoms with Crippen LogP contribution in [0.1, 0.15) is 0 Å². The fourth-order valence-electron chi connectivity index (χ4n) is 0.630. The number of carbonyl (C=O) groups is 1. The molecule has 0 saturated carbocycles. The van der Waals surface area contributed by atoms with Crippen molar-refractivity contribution in [1.29, 1.82) is 0 Å². The molecule has 0 aromatic heterocycles. The van der Waals surface area contributed by atoms with Crippen LogP contribution in [-0.2, 0) is 0 Å². The molecule has 0 atom stereocenters. The molecule has 0 saturated heterocycles. The predicted molar refractivity (Wildman–Crippen MR) is 33.4 cm³/mol. The third-order valence-corrected chi connectivity index (χ3v) is 1.11. The van der Waals surface area contributed by atoms with Crippen molar-refractivity contribution < 1.29 is 4.79 Å². The number of urea groups is 1. The van der Waals surface area contributed by atoms with Gasteiger partial charge in [0.15, 0.2) is 0 Å². The van der Waals surface area contributed by atoms with Gasteiger partial charge in [-0.25, -0.2) is 4.79 Å². The van der Waals surface area contributed by atoms with Crippen molar-refractivity contribution in [3.05, 3.63) is 12.4 Å². The number of nitrogens with zero attached hydrogens (tertiary/aromatic N) is 1. The van der Waals surface area contributed by atoms with E-state index in [2.05, 4.69) is 10.6 Å². The lowest BCUT2D eigenvalue weighted by Crippen LogP contribution is -2.35. The Hall–Kier alpha value is -1.19. The molecule has 0 fully saturated rings. The Bertz CT molecular complexity index is 143. The van der Waals surface area contributed by atoms with Crippen molar-refractivity contribution in [3.63, 3.8) is 0 Å². The third kappa shape index (κ3) is 1.13. The fourth-order valence-corrected chi connectivity index (χ4v) is 0.630. The Morgan fingerprint density at radius 2 is 2.67 bits per heavy atom. The molecule has 1 aliphatic rings. The van der Waals surface area contributed by atoms with Gasteiger partial charge >= 0.3 is 6.03 Å². The van der Waals surface area contributed by atoms with E-state index in [-0.39, 0.29) is 6.03 Å². The summed E-state index contributed by atoms with van der Waals surface area (Å²) in [4.78, 5) is 12.3. The van der Waals surface area contributed by atoms with Crippen molar-refractivity contribution in [3.8, 4) is 0 Å². The predicted octanol–water partition coefficient (Wildman–Crippen LogP) is -0.340. The summed E-state index contributed by atoms with van der Waals surface area (Å²) in [6.07, 6.45) is 3.42. The molecule has 0 spiro atoms. The fraction of sp³-hybridized carbons (Fsp3) is 0.400. The molecule has 2 N–H and O–H groups in total. The highest BCUT2D eigenvalue weighted by Crippen LogP contribution is 1.92. The monoisotopic (exact) mass is 127 g/mol. The average Bonchev–Trinajstić information content (AvgIpc) is 2.37. The third-order valence-electron chi connectivity index (χ3n) is 1.11. The molecule has 50 valence electrons. The quantitative estimate of drug-likeness (QED) is 0.467. The molecule has 4 heteroatoms. The topological polar surface area (TPSA) is 44.4 Å². The second kappa shape index (κ2) is 2.39. The van der Waals surface area contributed by atoms with Gasteiger partial charge in [-0.15, -0.1) is 0 Å². The highest BCUT2D eigenvalue weighted by molar-refractivity contribution is 5.75. The number of amides is 2. The molecular weight excluding hydrogens is 118 g/mol. The Labute approximate surface area is 53.5 Å². The molecule has 0 bridgehead atoms. The van der Waals surface area contributed by atoms with E-state index in [1.165, 1.54) is 0 Å². The minimum Gasteiger partial charge on any atom is -0.372 e. The Balaban J connectivity index is 2.43. The largest absolute Gasteiger partial charge is 0.372 e. The van der Waals surface area contributed by atoms with Crippen molar-refractivity contribution in [2.75, 3.05) is 13.7 Å². The van der Waals surface area contributed by atoms with Crippen LogP contribution in [-0.4, -0.2) is 24.6 Å². The lowest BCUT2D eigenvalue weighted by atomic mass is 10.7. The van der Waals surface area contributed by atoms with Crippen molar-refractivity contribution in [1.82, 2.24) is 15.5 Å². The number of carbonyl (C=O) groups excluding carboxylic acids is 1. The first-order chi connectivity index (χ1) is 4.34. The van der Waals surface area contributed by atoms with Crippen LogP contribution in [0.2, 0.25) is 0 Å². The Kier molecular flexibility index (Phi) is 1.58. The maximum absolute atomic E-state index is 10.7. The molecule has 0 aliphatic carbocycles. The molecular formula is C5H9N3O. The summed E-state index contributed by atoms with van der Waals surface area (Å²) in [6, 6.07) is -0.0868. The molecule has 1 heterocycles. The van der Waals surface area contributed by atoms with Crippen LogP contribution in [0, 0.1) is 0 Å². The molecule has 9 heavy (non-hydrogen) atoms. The van der Waals surface area contributed by atoms with Gasteiger partial charge in [0.2, 0.25) is 0 Å². The Morgan fingerprint density at radius 1 is 1.89 bits per heavy atom. The zero-order valence-corrected chi connectivity index (χ0v) is 5.22. The number of nitrogens with one attached hydrogen (secondary N) is 2. The summed E-state index contributed by atoms with van der Waals surface area (Å²) in [6.45, 7) is 0.569. The van der Waals surface area contributed by atoms with E-state index in [4.69, 9.17) is 0 Å². The average molecular weight is 127 g/mol. The summed E-state index contributed by atoms with van der Waals surface area (Å²) in [5, 5.41) is 5.37. The number of rotatable bonds is 0. The van der Waals surface area contributed by atoms with E-state index >= 15 is 0 Å². The SMILES string of the molecule is CNC(=O)N1C=CNC1. The van der Waals surface area contributed by atoms with Gasteiger partial charge in [0.25, 0.3) is 0 Å².